The fourth-order valence-electron chi connectivity index (χ4n) is 2.03. The third-order valence-corrected chi connectivity index (χ3v) is 3.02. The Kier molecular flexibility index (Phi) is 4.33. The number of nitrogens with zero attached hydrogens (tertiary/aromatic N) is 1. The van der Waals surface area contributed by atoms with Gasteiger partial charge in [0.05, 0.1) is 11.6 Å². The molecule has 0 fully saturated rings. The van der Waals surface area contributed by atoms with Gasteiger partial charge >= 0.3 is 0 Å². The highest BCUT2D eigenvalue weighted by Crippen LogP contribution is 2.24. The number of rotatable bonds is 4. The van der Waals surface area contributed by atoms with E-state index in [2.05, 4.69) is 49.5 Å². The van der Waals surface area contributed by atoms with Crippen molar-refractivity contribution in [3.8, 4) is 17.2 Å². The molecule has 2 aromatic carbocycles. The van der Waals surface area contributed by atoms with Crippen LogP contribution in [-0.4, -0.2) is 6.04 Å². The van der Waals surface area contributed by atoms with Crippen LogP contribution < -0.4 is 5.32 Å². The van der Waals surface area contributed by atoms with Crippen molar-refractivity contribution in [1.29, 1.82) is 5.26 Å². The van der Waals surface area contributed by atoms with E-state index in [0.717, 1.165) is 12.1 Å². The van der Waals surface area contributed by atoms with Gasteiger partial charge < -0.3 is 5.32 Å². The molecule has 0 aromatic heterocycles. The molecule has 96 valence electrons. The molecule has 0 aliphatic carbocycles. The van der Waals surface area contributed by atoms with Crippen molar-refractivity contribution in [3.63, 3.8) is 0 Å². The summed E-state index contributed by atoms with van der Waals surface area (Å²) in [7, 11) is 0. The van der Waals surface area contributed by atoms with Crippen molar-refractivity contribution in [3.05, 3.63) is 59.7 Å². The molecule has 2 rings (SSSR count). The van der Waals surface area contributed by atoms with Crippen LogP contribution in [0, 0.1) is 11.3 Å². The second-order valence-corrected chi connectivity index (χ2v) is 4.89. The van der Waals surface area contributed by atoms with Crippen molar-refractivity contribution in [2.45, 2.75) is 26.4 Å². The van der Waals surface area contributed by atoms with Crippen LogP contribution in [0.4, 0.5) is 0 Å². The molecule has 19 heavy (non-hydrogen) atoms. The van der Waals surface area contributed by atoms with Gasteiger partial charge in [0.25, 0.3) is 0 Å². The highest BCUT2D eigenvalue weighted by molar-refractivity contribution is 5.68. The van der Waals surface area contributed by atoms with E-state index in [1.807, 2.05) is 24.3 Å². The first kappa shape index (κ1) is 13.3. The molecule has 2 heteroatoms. The lowest BCUT2D eigenvalue weighted by molar-refractivity contribution is 0.589. The van der Waals surface area contributed by atoms with E-state index in [-0.39, 0.29) is 0 Å². The Bertz CT molecular complexity index is 594. The highest BCUT2D eigenvalue weighted by Gasteiger charge is 2.05. The van der Waals surface area contributed by atoms with E-state index in [0.29, 0.717) is 11.6 Å². The van der Waals surface area contributed by atoms with E-state index in [4.69, 9.17) is 5.26 Å². The summed E-state index contributed by atoms with van der Waals surface area (Å²) in [5.41, 5.74) is 4.24. The van der Waals surface area contributed by atoms with Crippen molar-refractivity contribution in [2.75, 3.05) is 0 Å². The van der Waals surface area contributed by atoms with Gasteiger partial charge in [0.1, 0.15) is 0 Å². The summed E-state index contributed by atoms with van der Waals surface area (Å²) in [6.07, 6.45) is 0. The Hall–Kier alpha value is -2.11. The molecule has 0 spiro atoms. The molecule has 0 aliphatic heterocycles. The summed E-state index contributed by atoms with van der Waals surface area (Å²) in [5.74, 6) is 0. The molecule has 0 saturated carbocycles. The third-order valence-electron chi connectivity index (χ3n) is 3.02. The van der Waals surface area contributed by atoms with Crippen LogP contribution in [0.1, 0.15) is 25.0 Å². The Morgan fingerprint density at radius 3 is 2.63 bits per heavy atom. The van der Waals surface area contributed by atoms with E-state index >= 15 is 0 Å². The largest absolute Gasteiger partial charge is 0.310 e. The molecule has 0 radical (unpaired) electrons. The first-order chi connectivity index (χ1) is 9.20. The van der Waals surface area contributed by atoms with Crippen LogP contribution in [0.5, 0.6) is 0 Å². The zero-order valence-corrected chi connectivity index (χ0v) is 11.4. The molecule has 2 nitrogen and oxygen atoms in total. The maximum Gasteiger partial charge on any atom is 0.0991 e. The third kappa shape index (κ3) is 3.43. The van der Waals surface area contributed by atoms with Gasteiger partial charge in [-0.3, -0.25) is 0 Å². The van der Waals surface area contributed by atoms with Crippen LogP contribution in [0.15, 0.2) is 48.5 Å². The van der Waals surface area contributed by atoms with Crippen molar-refractivity contribution in [1.82, 2.24) is 5.32 Å². The standard InChI is InChI=1S/C17H18N2/c1-13(2)19-12-16-7-3-4-9-17(16)15-8-5-6-14(10-15)11-18/h3-10,13,19H,12H2,1-2H3. The van der Waals surface area contributed by atoms with Crippen LogP contribution in [0.25, 0.3) is 11.1 Å². The van der Waals surface area contributed by atoms with Gasteiger partial charge in [0, 0.05) is 12.6 Å². The Morgan fingerprint density at radius 2 is 1.89 bits per heavy atom. The topological polar surface area (TPSA) is 35.8 Å². The molecule has 1 N–H and O–H groups in total. The normalized spacial score (nSPS) is 10.4. The fraction of sp³-hybridized carbons (Fsp3) is 0.235. The summed E-state index contributed by atoms with van der Waals surface area (Å²) in [5, 5.41) is 12.4. The molecule has 0 aliphatic rings. The molecule has 0 atom stereocenters. The first-order valence-corrected chi connectivity index (χ1v) is 6.52. The summed E-state index contributed by atoms with van der Waals surface area (Å²) in [6, 6.07) is 18.7. The van der Waals surface area contributed by atoms with Gasteiger partial charge in [-0.2, -0.15) is 5.26 Å². The van der Waals surface area contributed by atoms with E-state index in [9.17, 15) is 0 Å². The molecule has 0 unspecified atom stereocenters. The predicted molar refractivity (Wildman–Crippen MR) is 78.6 cm³/mol. The quantitative estimate of drug-likeness (QED) is 0.897. The highest BCUT2D eigenvalue weighted by atomic mass is 14.9. The predicted octanol–water partition coefficient (Wildman–Crippen LogP) is 3.72. The van der Waals surface area contributed by atoms with Gasteiger partial charge in [-0.05, 0) is 28.8 Å². The van der Waals surface area contributed by atoms with Crippen molar-refractivity contribution >= 4 is 0 Å². The van der Waals surface area contributed by atoms with Gasteiger partial charge in [-0.1, -0.05) is 50.2 Å². The lowest BCUT2D eigenvalue weighted by Crippen LogP contribution is -2.22. The van der Waals surface area contributed by atoms with Crippen molar-refractivity contribution in [2.24, 2.45) is 0 Å². The van der Waals surface area contributed by atoms with Crippen molar-refractivity contribution < 1.29 is 0 Å². The Morgan fingerprint density at radius 1 is 1.11 bits per heavy atom. The minimum Gasteiger partial charge on any atom is -0.310 e. The number of nitriles is 1. The molecule has 0 heterocycles. The summed E-state index contributed by atoms with van der Waals surface area (Å²) in [4.78, 5) is 0. The number of benzene rings is 2. The molecule has 2 aromatic rings. The fourth-order valence-corrected chi connectivity index (χ4v) is 2.03. The van der Waals surface area contributed by atoms with Crippen LogP contribution in [0.2, 0.25) is 0 Å². The Labute approximate surface area is 114 Å². The van der Waals surface area contributed by atoms with E-state index in [1.165, 1.54) is 11.1 Å². The number of hydrogen-bond donors (Lipinski definition) is 1. The molecular weight excluding hydrogens is 232 g/mol. The molecule has 0 saturated heterocycles. The smallest absolute Gasteiger partial charge is 0.0991 e. The second kappa shape index (κ2) is 6.17. The number of nitrogens with one attached hydrogen (secondary N) is 1. The maximum absolute atomic E-state index is 8.99. The first-order valence-electron chi connectivity index (χ1n) is 6.52. The van der Waals surface area contributed by atoms with Crippen LogP contribution in [0.3, 0.4) is 0 Å². The van der Waals surface area contributed by atoms with Gasteiger partial charge in [-0.15, -0.1) is 0 Å². The average Bonchev–Trinajstić information content (AvgIpc) is 2.45. The Balaban J connectivity index is 2.36. The zero-order valence-electron chi connectivity index (χ0n) is 11.4. The molecular formula is C17H18N2. The van der Waals surface area contributed by atoms with E-state index in [1.54, 1.807) is 0 Å². The summed E-state index contributed by atoms with van der Waals surface area (Å²) in [6.45, 7) is 5.11. The maximum atomic E-state index is 8.99. The van der Waals surface area contributed by atoms with Crippen LogP contribution >= 0.6 is 0 Å². The molecule has 0 bridgehead atoms. The lowest BCUT2D eigenvalue weighted by Gasteiger charge is -2.13. The minimum atomic E-state index is 0.457. The van der Waals surface area contributed by atoms with Gasteiger partial charge in [-0.25, -0.2) is 0 Å². The SMILES string of the molecule is CC(C)NCc1ccccc1-c1cccc(C#N)c1. The number of hydrogen-bond acceptors (Lipinski definition) is 2. The zero-order chi connectivity index (χ0) is 13.7. The summed E-state index contributed by atoms with van der Waals surface area (Å²) < 4.78 is 0. The lowest BCUT2D eigenvalue weighted by atomic mass is 9.98. The van der Waals surface area contributed by atoms with Crippen LogP contribution in [-0.2, 0) is 6.54 Å². The second-order valence-electron chi connectivity index (χ2n) is 4.89. The summed E-state index contributed by atoms with van der Waals surface area (Å²) >= 11 is 0. The average molecular weight is 250 g/mol. The minimum absolute atomic E-state index is 0.457. The van der Waals surface area contributed by atoms with Gasteiger partial charge in [0.2, 0.25) is 0 Å². The van der Waals surface area contributed by atoms with E-state index < -0.39 is 0 Å². The molecule has 0 amide bonds. The van der Waals surface area contributed by atoms with Gasteiger partial charge in [0.15, 0.2) is 0 Å². The monoisotopic (exact) mass is 250 g/mol.